The number of hydrogen-bond acceptors (Lipinski definition) is 5. The highest BCUT2D eigenvalue weighted by Crippen LogP contribution is 2.33. The molecule has 1 rings (SSSR count). The van der Waals surface area contributed by atoms with Gasteiger partial charge in [0.25, 0.3) is 0 Å². The molecule has 6 heteroatoms. The average Bonchev–Trinajstić information content (AvgIpc) is 2.54. The Morgan fingerprint density at radius 1 is 1.24 bits per heavy atom. The lowest BCUT2D eigenvalue weighted by atomic mass is 9.75. The Balaban J connectivity index is 0.000000472. The first-order valence-electron chi connectivity index (χ1n) is 9.42. The van der Waals surface area contributed by atoms with Crippen LogP contribution in [0.1, 0.15) is 60.3 Å². The first-order chi connectivity index (χ1) is 11.6. The maximum atomic E-state index is 11.3. The van der Waals surface area contributed by atoms with E-state index in [9.17, 15) is 15.0 Å². The zero-order valence-electron chi connectivity index (χ0n) is 16.5. The molecular formula is C19H39NO5. The third-order valence-electron chi connectivity index (χ3n) is 5.02. The fourth-order valence-corrected chi connectivity index (χ4v) is 2.98. The van der Waals surface area contributed by atoms with Gasteiger partial charge in [0.15, 0.2) is 0 Å². The van der Waals surface area contributed by atoms with Gasteiger partial charge < -0.3 is 25.7 Å². The van der Waals surface area contributed by atoms with Crippen molar-refractivity contribution in [1.29, 1.82) is 0 Å². The van der Waals surface area contributed by atoms with E-state index < -0.39 is 17.4 Å². The minimum atomic E-state index is -1.23. The second-order valence-corrected chi connectivity index (χ2v) is 8.31. The van der Waals surface area contributed by atoms with Crippen LogP contribution in [0, 0.1) is 23.2 Å². The van der Waals surface area contributed by atoms with Crippen LogP contribution < -0.4 is 5.32 Å². The first kappa shape index (κ1) is 24.3. The van der Waals surface area contributed by atoms with Crippen molar-refractivity contribution >= 4 is 5.91 Å². The van der Waals surface area contributed by atoms with Crippen LogP contribution in [-0.2, 0) is 4.79 Å². The largest absolute Gasteiger partial charge is 0.396 e. The molecule has 0 aliphatic heterocycles. The van der Waals surface area contributed by atoms with Gasteiger partial charge in [-0.2, -0.15) is 0 Å². The highest BCUT2D eigenvalue weighted by Gasteiger charge is 2.32. The molecule has 0 bridgehead atoms. The molecule has 6 nitrogen and oxygen atoms in total. The molecule has 0 saturated heterocycles. The summed E-state index contributed by atoms with van der Waals surface area (Å²) < 4.78 is 0. The lowest BCUT2D eigenvalue weighted by Crippen LogP contribution is -2.45. The van der Waals surface area contributed by atoms with E-state index in [4.69, 9.17) is 10.2 Å². The SMILES string of the molecule is CC(C)(CO)C(O)C(=O)NCCCO.CC1CCC(C(C)C)C(O)C1. The number of carbonyl (C=O) groups excluding carboxylic acids is 1. The molecule has 5 N–H and O–H groups in total. The number of carbonyl (C=O) groups is 1. The van der Waals surface area contributed by atoms with Crippen molar-refractivity contribution in [3.63, 3.8) is 0 Å². The predicted octanol–water partition coefficient (Wildman–Crippen LogP) is 1.30. The Labute approximate surface area is 152 Å². The van der Waals surface area contributed by atoms with E-state index >= 15 is 0 Å². The summed E-state index contributed by atoms with van der Waals surface area (Å²) in [5, 5.41) is 39.1. The quantitative estimate of drug-likeness (QED) is 0.439. The summed E-state index contributed by atoms with van der Waals surface area (Å²) in [5.41, 5.74) is -0.844. The minimum absolute atomic E-state index is 0.000230. The van der Waals surface area contributed by atoms with Crippen LogP contribution in [0.25, 0.3) is 0 Å². The van der Waals surface area contributed by atoms with E-state index in [-0.39, 0.29) is 19.3 Å². The van der Waals surface area contributed by atoms with Crippen LogP contribution in [0.4, 0.5) is 0 Å². The number of aliphatic hydroxyl groups excluding tert-OH is 4. The molecular weight excluding hydrogens is 322 g/mol. The van der Waals surface area contributed by atoms with Crippen molar-refractivity contribution in [2.75, 3.05) is 19.8 Å². The van der Waals surface area contributed by atoms with Crippen LogP contribution in [0.15, 0.2) is 0 Å². The molecule has 0 aromatic carbocycles. The molecule has 25 heavy (non-hydrogen) atoms. The predicted molar refractivity (Wildman–Crippen MR) is 98.9 cm³/mol. The van der Waals surface area contributed by atoms with Gasteiger partial charge in [-0.1, -0.05) is 41.0 Å². The van der Waals surface area contributed by atoms with Crippen molar-refractivity contribution in [2.45, 2.75) is 72.5 Å². The van der Waals surface area contributed by atoms with E-state index in [0.717, 1.165) is 12.3 Å². The van der Waals surface area contributed by atoms with Crippen molar-refractivity contribution in [1.82, 2.24) is 5.32 Å². The average molecular weight is 362 g/mol. The van der Waals surface area contributed by atoms with Gasteiger partial charge in [0.2, 0.25) is 5.91 Å². The Morgan fingerprint density at radius 3 is 2.28 bits per heavy atom. The van der Waals surface area contributed by atoms with Gasteiger partial charge in [-0.05, 0) is 37.0 Å². The van der Waals surface area contributed by atoms with Gasteiger partial charge in [-0.3, -0.25) is 4.79 Å². The van der Waals surface area contributed by atoms with E-state index in [1.54, 1.807) is 13.8 Å². The van der Waals surface area contributed by atoms with Crippen LogP contribution in [0.5, 0.6) is 0 Å². The summed E-state index contributed by atoms with van der Waals surface area (Å²) in [5.74, 6) is 1.43. The zero-order valence-corrected chi connectivity index (χ0v) is 16.5. The van der Waals surface area contributed by atoms with Crippen molar-refractivity contribution in [3.05, 3.63) is 0 Å². The lowest BCUT2D eigenvalue weighted by molar-refractivity contribution is -0.137. The van der Waals surface area contributed by atoms with Crippen LogP contribution in [0.3, 0.4) is 0 Å². The molecule has 0 spiro atoms. The van der Waals surface area contributed by atoms with Crippen molar-refractivity contribution in [2.24, 2.45) is 23.2 Å². The van der Waals surface area contributed by atoms with E-state index in [2.05, 4.69) is 26.1 Å². The molecule has 0 heterocycles. The second kappa shape index (κ2) is 11.8. The fraction of sp³-hybridized carbons (Fsp3) is 0.947. The summed E-state index contributed by atoms with van der Waals surface area (Å²) >= 11 is 0. The zero-order chi connectivity index (χ0) is 19.6. The summed E-state index contributed by atoms with van der Waals surface area (Å²) in [6, 6.07) is 0. The second-order valence-electron chi connectivity index (χ2n) is 8.31. The molecule has 1 fully saturated rings. The molecule has 1 amide bonds. The Hall–Kier alpha value is -0.690. The van der Waals surface area contributed by atoms with Crippen LogP contribution in [0.2, 0.25) is 0 Å². The number of nitrogens with one attached hydrogen (secondary N) is 1. The van der Waals surface area contributed by atoms with Gasteiger partial charge in [0.05, 0.1) is 12.7 Å². The summed E-state index contributed by atoms with van der Waals surface area (Å²) in [7, 11) is 0. The highest BCUT2D eigenvalue weighted by molar-refractivity contribution is 5.81. The van der Waals surface area contributed by atoms with Gasteiger partial charge in [0, 0.05) is 18.6 Å². The molecule has 1 saturated carbocycles. The number of hydrogen-bond donors (Lipinski definition) is 5. The highest BCUT2D eigenvalue weighted by atomic mass is 16.3. The molecule has 4 atom stereocenters. The minimum Gasteiger partial charge on any atom is -0.396 e. The monoisotopic (exact) mass is 361 g/mol. The third-order valence-corrected chi connectivity index (χ3v) is 5.02. The Bertz CT molecular complexity index is 373. The summed E-state index contributed by atoms with van der Waals surface area (Å²) in [6.07, 6.45) is 2.74. The molecule has 150 valence electrons. The van der Waals surface area contributed by atoms with Gasteiger partial charge in [-0.25, -0.2) is 0 Å². The topological polar surface area (TPSA) is 110 Å². The fourth-order valence-electron chi connectivity index (χ4n) is 2.98. The Kier molecular flexibility index (Phi) is 11.5. The molecule has 1 aliphatic carbocycles. The normalized spacial score (nSPS) is 25.1. The molecule has 4 unspecified atom stereocenters. The van der Waals surface area contributed by atoms with Crippen molar-refractivity contribution in [3.8, 4) is 0 Å². The number of amides is 1. The van der Waals surface area contributed by atoms with Gasteiger partial charge in [-0.15, -0.1) is 0 Å². The molecule has 0 aromatic heterocycles. The first-order valence-corrected chi connectivity index (χ1v) is 9.42. The maximum Gasteiger partial charge on any atom is 0.249 e. The van der Waals surface area contributed by atoms with E-state index in [1.807, 2.05) is 0 Å². The number of aliphatic hydroxyl groups is 4. The maximum absolute atomic E-state index is 11.3. The van der Waals surface area contributed by atoms with Crippen LogP contribution in [-0.4, -0.2) is 58.3 Å². The Morgan fingerprint density at radius 2 is 1.84 bits per heavy atom. The molecule has 0 radical (unpaired) electrons. The standard InChI is InChI=1S/C10H20O.C9H19NO4/c1-7(2)9-5-4-8(3)6-10(9)11;1-9(2,6-12)7(13)8(14)10-4-3-5-11/h7-11H,4-6H2,1-3H3;7,11-13H,3-6H2,1-2H3,(H,10,14). The smallest absolute Gasteiger partial charge is 0.249 e. The molecule has 0 aromatic rings. The van der Waals surface area contributed by atoms with Gasteiger partial charge >= 0.3 is 0 Å². The van der Waals surface area contributed by atoms with E-state index in [0.29, 0.717) is 24.8 Å². The van der Waals surface area contributed by atoms with Crippen LogP contribution >= 0.6 is 0 Å². The van der Waals surface area contributed by atoms with Gasteiger partial charge in [0.1, 0.15) is 6.10 Å². The third kappa shape index (κ3) is 8.99. The van der Waals surface area contributed by atoms with E-state index in [1.165, 1.54) is 12.8 Å². The summed E-state index contributed by atoms with van der Waals surface area (Å²) in [4.78, 5) is 11.3. The van der Waals surface area contributed by atoms with Crippen molar-refractivity contribution < 1.29 is 25.2 Å². The summed E-state index contributed by atoms with van der Waals surface area (Å²) in [6.45, 7) is 9.93. The lowest BCUT2D eigenvalue weighted by Gasteiger charge is -2.33. The molecule has 1 aliphatic rings. The number of rotatable bonds is 7.